The number of pyridine rings is 1. The number of benzene rings is 1. The molecule has 2 aliphatic rings. The molecule has 0 radical (unpaired) electrons. The lowest BCUT2D eigenvalue weighted by atomic mass is 10.00. The van der Waals surface area contributed by atoms with Gasteiger partial charge in [0.15, 0.2) is 0 Å². The Morgan fingerprint density at radius 1 is 1.21 bits per heavy atom. The molecule has 1 amide bonds. The fourth-order valence-corrected chi connectivity index (χ4v) is 4.04. The maximum absolute atomic E-state index is 12.8. The fourth-order valence-electron chi connectivity index (χ4n) is 3.51. The predicted octanol–water partition coefficient (Wildman–Crippen LogP) is 4.12. The lowest BCUT2D eigenvalue weighted by Gasteiger charge is -2.22. The zero-order valence-electron chi connectivity index (χ0n) is 15.7. The number of halogens is 1. The number of aromatic nitrogens is 1. The number of nitrogens with one attached hydrogen (secondary N) is 2. The minimum atomic E-state index is -0.0108. The number of anilines is 2. The number of hydrogen-bond donors (Lipinski definition) is 2. The Labute approximate surface area is 176 Å². The van der Waals surface area contributed by atoms with Crippen molar-refractivity contribution in [2.45, 2.75) is 31.6 Å². The predicted molar refractivity (Wildman–Crippen MR) is 119 cm³/mol. The average Bonchev–Trinajstić information content (AvgIpc) is 3.55. The normalized spacial score (nSPS) is 17.4. The van der Waals surface area contributed by atoms with Crippen molar-refractivity contribution < 1.29 is 9.53 Å². The fraction of sp³-hybridized carbons (Fsp3) is 0.429. The van der Waals surface area contributed by atoms with Gasteiger partial charge in [0.2, 0.25) is 0 Å². The van der Waals surface area contributed by atoms with Gasteiger partial charge in [-0.15, -0.1) is 9.24 Å². The summed E-state index contributed by atoms with van der Waals surface area (Å²) in [7, 11) is 2.71. The monoisotopic (exact) mass is 461 g/mol. The largest absolute Gasteiger partial charge is 0.381 e. The summed E-state index contributed by atoms with van der Waals surface area (Å²) < 4.78 is 6.44. The molecule has 2 aromatic rings. The molecule has 148 valence electrons. The molecule has 1 saturated heterocycles. The van der Waals surface area contributed by atoms with E-state index in [1.807, 2.05) is 24.3 Å². The molecule has 5 nitrogen and oxygen atoms in total. The second-order valence-corrected chi connectivity index (χ2v) is 9.03. The summed E-state index contributed by atoms with van der Waals surface area (Å²) in [5, 5.41) is 7.55. The molecule has 2 heterocycles. The minimum Gasteiger partial charge on any atom is -0.381 e. The summed E-state index contributed by atoms with van der Waals surface area (Å²) in [6, 6.07) is 8.09. The quantitative estimate of drug-likeness (QED) is 0.635. The van der Waals surface area contributed by atoms with E-state index in [0.717, 1.165) is 65.7 Å². The maximum Gasteiger partial charge on any atom is 0.253 e. The Morgan fingerprint density at radius 3 is 2.71 bits per heavy atom. The van der Waals surface area contributed by atoms with Crippen molar-refractivity contribution in [1.82, 2.24) is 10.3 Å². The van der Waals surface area contributed by atoms with E-state index in [-0.39, 0.29) is 5.91 Å². The third kappa shape index (κ3) is 4.91. The van der Waals surface area contributed by atoms with Gasteiger partial charge in [0, 0.05) is 36.1 Å². The van der Waals surface area contributed by atoms with E-state index in [9.17, 15) is 4.79 Å². The molecule has 0 spiro atoms. The number of rotatable bonds is 6. The summed E-state index contributed by atoms with van der Waals surface area (Å²) in [5.74, 6) is 1.74. The van der Waals surface area contributed by atoms with Crippen molar-refractivity contribution in [3.63, 3.8) is 0 Å². The lowest BCUT2D eigenvalue weighted by Crippen LogP contribution is -2.32. The Kier molecular flexibility index (Phi) is 6.29. The van der Waals surface area contributed by atoms with E-state index in [1.54, 1.807) is 6.20 Å². The molecule has 1 atom stereocenters. The molecular weight excluding hydrogens is 437 g/mol. The molecule has 1 unspecified atom stereocenters. The van der Waals surface area contributed by atoms with Crippen molar-refractivity contribution in [2.75, 3.05) is 25.1 Å². The van der Waals surface area contributed by atoms with E-state index in [4.69, 9.17) is 4.74 Å². The van der Waals surface area contributed by atoms with Crippen LogP contribution in [0.5, 0.6) is 0 Å². The van der Waals surface area contributed by atoms with Gasteiger partial charge in [-0.1, -0.05) is 15.9 Å². The molecule has 7 heteroatoms. The first-order chi connectivity index (χ1) is 13.6. The Balaban J connectivity index is 1.47. The van der Waals surface area contributed by atoms with Gasteiger partial charge in [-0.05, 0) is 72.7 Å². The zero-order chi connectivity index (χ0) is 19.5. The van der Waals surface area contributed by atoms with Crippen molar-refractivity contribution in [3.8, 4) is 0 Å². The average molecular weight is 462 g/mol. The Morgan fingerprint density at radius 2 is 2.00 bits per heavy atom. The summed E-state index contributed by atoms with van der Waals surface area (Å²) in [5.41, 5.74) is 2.78. The van der Waals surface area contributed by atoms with E-state index in [1.165, 1.54) is 0 Å². The van der Waals surface area contributed by atoms with Gasteiger partial charge in [-0.2, -0.15) is 0 Å². The van der Waals surface area contributed by atoms with Gasteiger partial charge < -0.3 is 15.4 Å². The van der Waals surface area contributed by atoms with E-state index in [2.05, 4.69) is 40.8 Å². The first-order valence-corrected chi connectivity index (χ1v) is 11.1. The first kappa shape index (κ1) is 19.8. The molecule has 0 bridgehead atoms. The third-order valence-corrected chi connectivity index (χ3v) is 6.98. The highest BCUT2D eigenvalue weighted by atomic mass is 79.9. The van der Waals surface area contributed by atoms with Crippen LogP contribution in [0.4, 0.5) is 11.5 Å². The molecular formula is C21H25BrN3O2P. The lowest BCUT2D eigenvalue weighted by molar-refractivity contribution is 0.0642. The van der Waals surface area contributed by atoms with Gasteiger partial charge in [-0.25, -0.2) is 4.98 Å². The van der Waals surface area contributed by atoms with Crippen LogP contribution in [0.15, 0.2) is 34.9 Å². The van der Waals surface area contributed by atoms with Crippen LogP contribution in [-0.2, 0) is 4.74 Å². The summed E-state index contributed by atoms with van der Waals surface area (Å²) in [4.78, 5) is 17.3. The van der Waals surface area contributed by atoms with Crippen LogP contribution < -0.4 is 15.9 Å². The standard InChI is InChI=1S/C21H25BrN3O2P/c22-18-4-3-15(9-19(18)28)25-20-10-16(14-1-2-14)17(12-23-20)21(26)24-11-13-5-7-27-8-6-13/h3-4,9-10,12-14H,1-2,5-8,11,28H2,(H,23,25)(H,24,26). The molecule has 1 saturated carbocycles. The highest BCUT2D eigenvalue weighted by Gasteiger charge is 2.29. The van der Waals surface area contributed by atoms with Crippen LogP contribution in [-0.4, -0.2) is 30.6 Å². The number of amides is 1. The Hall–Kier alpha value is -1.49. The van der Waals surface area contributed by atoms with Gasteiger partial charge in [0.25, 0.3) is 5.91 Å². The van der Waals surface area contributed by atoms with Gasteiger partial charge >= 0.3 is 0 Å². The molecule has 1 aromatic heterocycles. The second-order valence-electron chi connectivity index (χ2n) is 7.56. The Bertz CT molecular complexity index is 867. The van der Waals surface area contributed by atoms with E-state index < -0.39 is 0 Å². The molecule has 1 aromatic carbocycles. The summed E-state index contributed by atoms with van der Waals surface area (Å²) in [6.45, 7) is 2.30. The summed E-state index contributed by atoms with van der Waals surface area (Å²) in [6.07, 6.45) is 6.02. The topological polar surface area (TPSA) is 63.2 Å². The number of hydrogen-bond acceptors (Lipinski definition) is 4. The molecule has 1 aliphatic carbocycles. The number of ether oxygens (including phenoxy) is 1. The zero-order valence-corrected chi connectivity index (χ0v) is 18.5. The molecule has 1 aliphatic heterocycles. The van der Waals surface area contributed by atoms with Crippen LogP contribution in [0, 0.1) is 5.92 Å². The number of carbonyl (C=O) groups excluding carboxylic acids is 1. The number of nitrogens with zero attached hydrogens (tertiary/aromatic N) is 1. The molecule has 2 N–H and O–H groups in total. The van der Waals surface area contributed by atoms with Crippen molar-refractivity contribution in [3.05, 3.63) is 46.1 Å². The molecule has 28 heavy (non-hydrogen) atoms. The molecule has 2 fully saturated rings. The smallest absolute Gasteiger partial charge is 0.253 e. The SMILES string of the molecule is O=C(NCC1CCOCC1)c1cnc(Nc2ccc(Br)c(P)c2)cc1C1CC1. The van der Waals surface area contributed by atoms with Crippen LogP contribution in [0.3, 0.4) is 0 Å². The van der Waals surface area contributed by atoms with Crippen LogP contribution in [0.1, 0.15) is 47.5 Å². The maximum atomic E-state index is 12.8. The van der Waals surface area contributed by atoms with Gasteiger partial charge in [-0.3, -0.25) is 4.79 Å². The highest BCUT2D eigenvalue weighted by Crippen LogP contribution is 2.42. The van der Waals surface area contributed by atoms with Crippen molar-refractivity contribution in [1.29, 1.82) is 0 Å². The molecule has 4 rings (SSSR count). The van der Waals surface area contributed by atoms with Crippen molar-refractivity contribution >= 4 is 47.9 Å². The minimum absolute atomic E-state index is 0.0108. The van der Waals surface area contributed by atoms with Gasteiger partial charge in [0.05, 0.1) is 5.56 Å². The van der Waals surface area contributed by atoms with Crippen LogP contribution in [0.25, 0.3) is 0 Å². The number of carbonyl (C=O) groups is 1. The first-order valence-electron chi connectivity index (χ1n) is 9.78. The van der Waals surface area contributed by atoms with Crippen LogP contribution >= 0.6 is 25.2 Å². The summed E-state index contributed by atoms with van der Waals surface area (Å²) >= 11 is 3.51. The van der Waals surface area contributed by atoms with Crippen molar-refractivity contribution in [2.24, 2.45) is 5.92 Å². The third-order valence-electron chi connectivity index (χ3n) is 5.36. The second kappa shape index (κ2) is 8.89. The van der Waals surface area contributed by atoms with Crippen LogP contribution in [0.2, 0.25) is 0 Å². The van der Waals surface area contributed by atoms with E-state index >= 15 is 0 Å². The van der Waals surface area contributed by atoms with E-state index in [0.29, 0.717) is 23.9 Å². The highest BCUT2D eigenvalue weighted by molar-refractivity contribution is 9.10. The van der Waals surface area contributed by atoms with Gasteiger partial charge in [0.1, 0.15) is 5.82 Å².